The van der Waals surface area contributed by atoms with Crippen LogP contribution in [0.1, 0.15) is 6.92 Å². The van der Waals surface area contributed by atoms with E-state index in [0.717, 1.165) is 0 Å². The van der Waals surface area contributed by atoms with Gasteiger partial charge in [0.1, 0.15) is 6.17 Å². The summed E-state index contributed by atoms with van der Waals surface area (Å²) in [5.41, 5.74) is 0. The van der Waals surface area contributed by atoms with Crippen LogP contribution < -0.4 is 0 Å². The van der Waals surface area contributed by atoms with Gasteiger partial charge in [0.2, 0.25) is 0 Å². The molecule has 1 nitrogen and oxygen atoms in total. The van der Waals surface area contributed by atoms with Crippen molar-refractivity contribution in [3.05, 3.63) is 0 Å². The average molecular weight is 110 g/mol. The fourth-order valence-corrected chi connectivity index (χ4v) is 0.398. The zero-order valence-electron chi connectivity index (χ0n) is 3.65. The molecule has 0 bridgehead atoms. The van der Waals surface area contributed by atoms with Crippen molar-refractivity contribution in [3.8, 4) is 0 Å². The molecule has 6 heavy (non-hydrogen) atoms. The standard InChI is InChI=1S/C3H8FOP/c1-3(4)2-5-6/h3H,2,6H2,1H3. The van der Waals surface area contributed by atoms with Gasteiger partial charge in [-0.1, -0.05) is 0 Å². The van der Waals surface area contributed by atoms with E-state index in [1.807, 2.05) is 9.47 Å². The van der Waals surface area contributed by atoms with Crippen LogP contribution in [-0.2, 0) is 4.52 Å². The van der Waals surface area contributed by atoms with E-state index in [2.05, 4.69) is 4.52 Å². The molecule has 0 amide bonds. The summed E-state index contributed by atoms with van der Waals surface area (Å²) in [6, 6.07) is 0. The third-order valence-electron chi connectivity index (χ3n) is 0.326. The number of rotatable bonds is 2. The molecule has 0 aliphatic rings. The van der Waals surface area contributed by atoms with Gasteiger partial charge in [-0.2, -0.15) is 0 Å². The van der Waals surface area contributed by atoms with Crippen molar-refractivity contribution >= 4 is 9.47 Å². The number of hydrogen-bond acceptors (Lipinski definition) is 1. The summed E-state index contributed by atoms with van der Waals surface area (Å²) in [6.07, 6.45) is -0.845. The topological polar surface area (TPSA) is 9.23 Å². The van der Waals surface area contributed by atoms with Crippen LogP contribution in [0.15, 0.2) is 0 Å². The maximum Gasteiger partial charge on any atom is 0.121 e. The quantitative estimate of drug-likeness (QED) is 0.484. The molecule has 0 fully saturated rings. The average Bonchev–Trinajstić information content (AvgIpc) is 1.35. The van der Waals surface area contributed by atoms with Gasteiger partial charge in [-0.3, -0.25) is 0 Å². The Morgan fingerprint density at radius 2 is 2.50 bits per heavy atom. The Balaban J connectivity index is 2.63. The first-order chi connectivity index (χ1) is 2.77. The highest BCUT2D eigenvalue weighted by atomic mass is 31.0. The van der Waals surface area contributed by atoms with E-state index in [4.69, 9.17) is 0 Å². The summed E-state index contributed by atoms with van der Waals surface area (Å²) < 4.78 is 15.9. The molecule has 38 valence electrons. The normalized spacial score (nSPS) is 14.5. The fraction of sp³-hybridized carbons (Fsp3) is 1.00. The van der Waals surface area contributed by atoms with Crippen LogP contribution in [0, 0.1) is 0 Å². The van der Waals surface area contributed by atoms with Crippen molar-refractivity contribution in [3.63, 3.8) is 0 Å². The minimum atomic E-state index is -0.845. The third kappa shape index (κ3) is 4.32. The summed E-state index contributed by atoms with van der Waals surface area (Å²) in [5, 5.41) is 0. The predicted octanol–water partition coefficient (Wildman–Crippen LogP) is 1.15. The van der Waals surface area contributed by atoms with Gasteiger partial charge >= 0.3 is 0 Å². The highest BCUT2D eigenvalue weighted by Gasteiger charge is 1.91. The molecule has 0 aromatic heterocycles. The Labute approximate surface area is 39.2 Å². The highest BCUT2D eigenvalue weighted by molar-refractivity contribution is 7.09. The maximum absolute atomic E-state index is 11.6. The molecule has 0 saturated heterocycles. The fourth-order valence-electron chi connectivity index (χ4n) is 0.133. The molecule has 0 radical (unpaired) electrons. The van der Waals surface area contributed by atoms with E-state index < -0.39 is 6.17 Å². The summed E-state index contributed by atoms with van der Waals surface area (Å²) in [5.74, 6) is 0. The molecule has 0 aliphatic carbocycles. The number of halogens is 1. The summed E-state index contributed by atoms with van der Waals surface area (Å²) in [6.45, 7) is 1.62. The van der Waals surface area contributed by atoms with Gasteiger partial charge in [0, 0.05) is 9.47 Å². The molecule has 0 spiro atoms. The molecule has 2 unspecified atom stereocenters. The van der Waals surface area contributed by atoms with Crippen LogP contribution in [0.4, 0.5) is 4.39 Å². The van der Waals surface area contributed by atoms with Crippen LogP contribution >= 0.6 is 9.47 Å². The number of alkyl halides is 1. The van der Waals surface area contributed by atoms with E-state index in [-0.39, 0.29) is 6.61 Å². The molecule has 0 heterocycles. The van der Waals surface area contributed by atoms with Gasteiger partial charge < -0.3 is 4.52 Å². The molecular weight excluding hydrogens is 102 g/mol. The van der Waals surface area contributed by atoms with E-state index in [1.165, 1.54) is 6.92 Å². The first kappa shape index (κ1) is 6.32. The molecule has 0 aliphatic heterocycles. The van der Waals surface area contributed by atoms with E-state index >= 15 is 0 Å². The van der Waals surface area contributed by atoms with Gasteiger partial charge in [-0.05, 0) is 6.92 Å². The van der Waals surface area contributed by atoms with Crippen molar-refractivity contribution in [2.45, 2.75) is 13.1 Å². The monoisotopic (exact) mass is 110 g/mol. The number of hydrogen-bond donors (Lipinski definition) is 0. The van der Waals surface area contributed by atoms with Gasteiger partial charge in [-0.25, -0.2) is 4.39 Å². The predicted molar refractivity (Wildman–Crippen MR) is 26.2 cm³/mol. The zero-order chi connectivity index (χ0) is 4.99. The second-order valence-electron chi connectivity index (χ2n) is 1.11. The minimum absolute atomic E-state index is 0.171. The van der Waals surface area contributed by atoms with Crippen LogP contribution in [0.25, 0.3) is 0 Å². The lowest BCUT2D eigenvalue weighted by atomic mass is 10.5. The SMILES string of the molecule is CC(F)COP. The minimum Gasteiger partial charge on any atom is -0.363 e. The van der Waals surface area contributed by atoms with Gasteiger partial charge in [0.15, 0.2) is 0 Å². The lowest BCUT2D eigenvalue weighted by Crippen LogP contribution is -1.98. The van der Waals surface area contributed by atoms with Crippen LogP contribution in [0.5, 0.6) is 0 Å². The Kier molecular flexibility index (Phi) is 3.70. The highest BCUT2D eigenvalue weighted by Crippen LogP contribution is 1.91. The van der Waals surface area contributed by atoms with Crippen molar-refractivity contribution in [2.75, 3.05) is 6.61 Å². The van der Waals surface area contributed by atoms with Crippen LogP contribution in [0.3, 0.4) is 0 Å². The molecule has 0 saturated carbocycles. The van der Waals surface area contributed by atoms with Gasteiger partial charge in [0.25, 0.3) is 0 Å². The maximum atomic E-state index is 11.6. The molecule has 0 N–H and O–H groups in total. The van der Waals surface area contributed by atoms with Crippen molar-refractivity contribution in [2.24, 2.45) is 0 Å². The zero-order valence-corrected chi connectivity index (χ0v) is 4.80. The molecule has 2 atom stereocenters. The van der Waals surface area contributed by atoms with E-state index in [1.54, 1.807) is 0 Å². The van der Waals surface area contributed by atoms with Crippen molar-refractivity contribution < 1.29 is 8.91 Å². The second kappa shape index (κ2) is 3.51. The van der Waals surface area contributed by atoms with Crippen molar-refractivity contribution in [1.82, 2.24) is 0 Å². The molecule has 0 rings (SSSR count). The first-order valence-electron chi connectivity index (χ1n) is 1.73. The van der Waals surface area contributed by atoms with Crippen molar-refractivity contribution in [1.29, 1.82) is 0 Å². The molecule has 3 heteroatoms. The molecule has 0 aromatic carbocycles. The second-order valence-corrected chi connectivity index (χ2v) is 1.45. The Bertz CT molecular complexity index is 32.0. The lowest BCUT2D eigenvalue weighted by molar-refractivity contribution is 0.234. The van der Waals surface area contributed by atoms with Crippen LogP contribution in [-0.4, -0.2) is 12.8 Å². The summed E-state index contributed by atoms with van der Waals surface area (Å²) >= 11 is 0. The van der Waals surface area contributed by atoms with E-state index in [0.29, 0.717) is 0 Å². The first-order valence-corrected chi connectivity index (χ1v) is 2.20. The van der Waals surface area contributed by atoms with E-state index in [9.17, 15) is 4.39 Å². The Morgan fingerprint density at radius 1 is 2.00 bits per heavy atom. The third-order valence-corrected chi connectivity index (χ3v) is 0.518. The summed E-state index contributed by atoms with van der Waals surface area (Å²) in [4.78, 5) is 0. The van der Waals surface area contributed by atoms with Gasteiger partial charge in [-0.15, -0.1) is 0 Å². The molecule has 0 aromatic rings. The summed E-state index contributed by atoms with van der Waals surface area (Å²) in [7, 11) is 1.98. The smallest absolute Gasteiger partial charge is 0.121 e. The molecular formula is C3H8FOP. The van der Waals surface area contributed by atoms with Crippen LogP contribution in [0.2, 0.25) is 0 Å². The lowest BCUT2D eigenvalue weighted by Gasteiger charge is -1.93. The Morgan fingerprint density at radius 3 is 2.50 bits per heavy atom. The van der Waals surface area contributed by atoms with Gasteiger partial charge in [0.05, 0.1) is 6.61 Å². The Hall–Kier alpha value is 0.320. The largest absolute Gasteiger partial charge is 0.363 e.